The van der Waals surface area contributed by atoms with Crippen LogP contribution in [0, 0.1) is 0 Å². The molecule has 0 saturated heterocycles. The summed E-state index contributed by atoms with van der Waals surface area (Å²) in [5.74, 6) is -0.442. The number of rotatable bonds is 11. The molecule has 0 spiro atoms. The van der Waals surface area contributed by atoms with Crippen molar-refractivity contribution < 1.29 is 16.8 Å². The Kier molecular flexibility index (Phi) is 8.85. The zero-order valence-electron chi connectivity index (χ0n) is 12.2. The molecule has 19 heavy (non-hydrogen) atoms. The van der Waals surface area contributed by atoms with Gasteiger partial charge in [-0.1, -0.05) is 13.3 Å². The minimum atomic E-state index is -3.23. The minimum absolute atomic E-state index is 0.0863. The maximum Gasteiger partial charge on any atom is 0.151 e. The Morgan fingerprint density at radius 2 is 1.63 bits per heavy atom. The van der Waals surface area contributed by atoms with Gasteiger partial charge < -0.3 is 5.32 Å². The average molecular weight is 313 g/mol. The normalized spacial score (nSPS) is 14.5. The van der Waals surface area contributed by atoms with Crippen molar-refractivity contribution in [1.29, 1.82) is 0 Å². The smallest absolute Gasteiger partial charge is 0.151 e. The van der Waals surface area contributed by atoms with E-state index in [1.807, 2.05) is 0 Å². The van der Waals surface area contributed by atoms with Gasteiger partial charge in [0.1, 0.15) is 9.84 Å². The third-order valence-electron chi connectivity index (χ3n) is 2.85. The lowest BCUT2D eigenvalue weighted by Crippen LogP contribution is -2.26. The topological polar surface area (TPSA) is 80.3 Å². The summed E-state index contributed by atoms with van der Waals surface area (Å²) >= 11 is 0. The van der Waals surface area contributed by atoms with E-state index in [4.69, 9.17) is 0 Å². The van der Waals surface area contributed by atoms with Crippen LogP contribution in [0.25, 0.3) is 0 Å². The summed E-state index contributed by atoms with van der Waals surface area (Å²) in [5, 5.41) is 3.35. The molecular formula is C12H27NO4S2. The number of hydrogen-bond donors (Lipinski definition) is 1. The van der Waals surface area contributed by atoms with Gasteiger partial charge in [0.05, 0.1) is 17.3 Å². The Hall–Kier alpha value is -0.140. The maximum atomic E-state index is 11.6. The van der Waals surface area contributed by atoms with Crippen molar-refractivity contribution in [3.8, 4) is 0 Å². The molecule has 0 aliphatic heterocycles. The van der Waals surface area contributed by atoms with Gasteiger partial charge in [0.2, 0.25) is 0 Å². The van der Waals surface area contributed by atoms with E-state index in [1.54, 1.807) is 0 Å². The molecule has 0 saturated carbocycles. The molecule has 1 N–H and O–H groups in total. The predicted octanol–water partition coefficient (Wildman–Crippen LogP) is 1.00. The quantitative estimate of drug-likeness (QED) is 0.576. The molecule has 7 heteroatoms. The van der Waals surface area contributed by atoms with E-state index < -0.39 is 19.7 Å². The molecule has 0 aromatic carbocycles. The Morgan fingerprint density at radius 1 is 1.00 bits per heavy atom. The van der Waals surface area contributed by atoms with Crippen molar-refractivity contribution in [1.82, 2.24) is 5.32 Å². The van der Waals surface area contributed by atoms with Crippen molar-refractivity contribution in [2.75, 3.05) is 30.1 Å². The van der Waals surface area contributed by atoms with Crippen molar-refractivity contribution in [3.05, 3.63) is 0 Å². The summed E-state index contributed by atoms with van der Waals surface area (Å²) in [6, 6.07) is 0.402. The first-order chi connectivity index (χ1) is 8.66. The van der Waals surface area contributed by atoms with E-state index in [0.717, 1.165) is 32.1 Å². The lowest BCUT2D eigenvalue weighted by molar-refractivity contribution is 0.494. The molecule has 0 aliphatic rings. The second-order valence-electron chi connectivity index (χ2n) is 5.13. The van der Waals surface area contributed by atoms with Gasteiger partial charge in [0, 0.05) is 12.3 Å². The van der Waals surface area contributed by atoms with Crippen molar-refractivity contribution in [2.24, 2.45) is 0 Å². The molecule has 0 aromatic rings. The summed E-state index contributed by atoms with van der Waals surface area (Å²) in [6.07, 6.45) is 4.54. The summed E-state index contributed by atoms with van der Waals surface area (Å²) in [6.45, 7) is 5.18. The van der Waals surface area contributed by atoms with Gasteiger partial charge in [-0.3, -0.25) is 0 Å². The number of hydrogen-bond acceptors (Lipinski definition) is 5. The van der Waals surface area contributed by atoms with E-state index in [9.17, 15) is 16.8 Å². The van der Waals surface area contributed by atoms with Gasteiger partial charge in [0.15, 0.2) is 9.84 Å². The SMILES string of the molecule is CCCNC(C)CCCCS(=O)(=O)CCS(C)(=O)=O. The summed E-state index contributed by atoms with van der Waals surface area (Å²) < 4.78 is 45.1. The number of unbranched alkanes of at least 4 members (excludes halogenated alkanes) is 1. The molecule has 0 aliphatic carbocycles. The summed E-state index contributed by atoms with van der Waals surface area (Å²) in [7, 11) is -6.43. The monoisotopic (exact) mass is 313 g/mol. The average Bonchev–Trinajstić information content (AvgIpc) is 2.29. The highest BCUT2D eigenvalue weighted by Crippen LogP contribution is 2.04. The molecule has 5 nitrogen and oxygen atoms in total. The van der Waals surface area contributed by atoms with Gasteiger partial charge in [-0.05, 0) is 32.7 Å². The van der Waals surface area contributed by atoms with E-state index in [2.05, 4.69) is 19.2 Å². The lowest BCUT2D eigenvalue weighted by Gasteiger charge is -2.12. The zero-order chi connectivity index (χ0) is 14.9. The van der Waals surface area contributed by atoms with Gasteiger partial charge >= 0.3 is 0 Å². The summed E-state index contributed by atoms with van der Waals surface area (Å²) in [4.78, 5) is 0. The molecule has 1 atom stereocenters. The van der Waals surface area contributed by atoms with Crippen LogP contribution in [0.4, 0.5) is 0 Å². The van der Waals surface area contributed by atoms with E-state index in [0.29, 0.717) is 12.5 Å². The molecule has 0 radical (unpaired) electrons. The fourth-order valence-electron chi connectivity index (χ4n) is 1.65. The molecule has 0 fully saturated rings. The van der Waals surface area contributed by atoms with E-state index >= 15 is 0 Å². The number of nitrogens with one attached hydrogen (secondary N) is 1. The Morgan fingerprint density at radius 3 is 2.16 bits per heavy atom. The van der Waals surface area contributed by atoms with Crippen LogP contribution in [-0.4, -0.2) is 52.9 Å². The Bertz CT molecular complexity index is 429. The van der Waals surface area contributed by atoms with Crippen LogP contribution in [0.1, 0.15) is 39.5 Å². The van der Waals surface area contributed by atoms with Gasteiger partial charge in [-0.15, -0.1) is 0 Å². The molecule has 116 valence electrons. The van der Waals surface area contributed by atoms with Crippen LogP contribution < -0.4 is 5.32 Å². The second kappa shape index (κ2) is 8.92. The van der Waals surface area contributed by atoms with Crippen LogP contribution in [0.5, 0.6) is 0 Å². The van der Waals surface area contributed by atoms with Crippen LogP contribution in [0.3, 0.4) is 0 Å². The molecule has 0 heterocycles. The molecule has 0 aromatic heterocycles. The fourth-order valence-corrected chi connectivity index (χ4v) is 4.72. The van der Waals surface area contributed by atoms with Crippen molar-refractivity contribution in [3.63, 3.8) is 0 Å². The first-order valence-electron chi connectivity index (χ1n) is 6.78. The fraction of sp³-hybridized carbons (Fsp3) is 1.00. The van der Waals surface area contributed by atoms with Gasteiger partial charge in [0.25, 0.3) is 0 Å². The molecule has 0 amide bonds. The van der Waals surface area contributed by atoms with Crippen LogP contribution in [-0.2, 0) is 19.7 Å². The first-order valence-corrected chi connectivity index (χ1v) is 10.7. The van der Waals surface area contributed by atoms with Crippen LogP contribution >= 0.6 is 0 Å². The molecular weight excluding hydrogens is 286 g/mol. The third kappa shape index (κ3) is 12.6. The minimum Gasteiger partial charge on any atom is -0.314 e. The highest BCUT2D eigenvalue weighted by molar-refractivity contribution is 7.94. The number of sulfone groups is 2. The van der Waals surface area contributed by atoms with Gasteiger partial charge in [-0.2, -0.15) is 0 Å². The maximum absolute atomic E-state index is 11.6. The molecule has 0 bridgehead atoms. The predicted molar refractivity (Wildman–Crippen MR) is 80.0 cm³/mol. The zero-order valence-corrected chi connectivity index (χ0v) is 13.8. The van der Waals surface area contributed by atoms with E-state index in [-0.39, 0.29) is 17.3 Å². The van der Waals surface area contributed by atoms with E-state index in [1.165, 1.54) is 0 Å². The second-order valence-corrected chi connectivity index (χ2v) is 9.70. The van der Waals surface area contributed by atoms with Crippen LogP contribution in [0.2, 0.25) is 0 Å². The van der Waals surface area contributed by atoms with Crippen molar-refractivity contribution in [2.45, 2.75) is 45.6 Å². The Balaban J connectivity index is 3.81. The largest absolute Gasteiger partial charge is 0.314 e. The highest BCUT2D eigenvalue weighted by atomic mass is 32.2. The Labute approximate surface area is 118 Å². The lowest BCUT2D eigenvalue weighted by atomic mass is 10.1. The standard InChI is InChI=1S/C12H27NO4S2/c1-4-8-13-12(2)7-5-6-9-19(16,17)11-10-18(3,14)15/h12-13H,4-11H2,1-3H3. The summed E-state index contributed by atoms with van der Waals surface area (Å²) in [5.41, 5.74) is 0. The highest BCUT2D eigenvalue weighted by Gasteiger charge is 2.14. The van der Waals surface area contributed by atoms with Gasteiger partial charge in [-0.25, -0.2) is 16.8 Å². The molecule has 0 rings (SSSR count). The molecule has 1 unspecified atom stereocenters. The van der Waals surface area contributed by atoms with Crippen molar-refractivity contribution >= 4 is 19.7 Å². The first kappa shape index (κ1) is 18.9. The van der Waals surface area contributed by atoms with Crippen LogP contribution in [0.15, 0.2) is 0 Å². The third-order valence-corrected chi connectivity index (χ3v) is 5.79.